The molecule has 0 aliphatic carbocycles. The van der Waals surface area contributed by atoms with Crippen molar-refractivity contribution in [3.05, 3.63) is 35.4 Å². The Balaban J connectivity index is 2.07. The van der Waals surface area contributed by atoms with Gasteiger partial charge < -0.3 is 5.73 Å². The normalized spacial score (nSPS) is 21.4. The number of benzene rings is 1. The highest BCUT2D eigenvalue weighted by Crippen LogP contribution is 2.19. The summed E-state index contributed by atoms with van der Waals surface area (Å²) in [6, 6.07) is 8.92. The monoisotopic (exact) mass is 266 g/mol. The van der Waals surface area contributed by atoms with Crippen LogP contribution in [0.15, 0.2) is 24.3 Å². The van der Waals surface area contributed by atoms with E-state index in [1.165, 1.54) is 23.6 Å². The predicted octanol–water partition coefficient (Wildman–Crippen LogP) is 2.26. The van der Waals surface area contributed by atoms with Crippen LogP contribution in [0.3, 0.4) is 0 Å². The molecule has 1 atom stereocenters. The number of nitrogens with two attached hydrogens (primary N) is 1. The maximum absolute atomic E-state index is 5.66. The maximum Gasteiger partial charge on any atom is 0.103 e. The van der Waals surface area contributed by atoms with Crippen molar-refractivity contribution in [2.45, 2.75) is 19.5 Å². The molecule has 0 saturated carbocycles. The molecule has 2 rings (SSSR count). The Morgan fingerprint density at radius 1 is 1.59 bits per heavy atom. The first-order valence-electron chi connectivity index (χ1n) is 5.87. The van der Waals surface area contributed by atoms with Crippen molar-refractivity contribution in [3.8, 4) is 0 Å². The van der Waals surface area contributed by atoms with Crippen LogP contribution in [0.25, 0.3) is 0 Å². The first kappa shape index (κ1) is 12.9. The average molecular weight is 266 g/mol. The molecule has 0 aromatic heterocycles. The van der Waals surface area contributed by atoms with Crippen molar-refractivity contribution in [3.63, 3.8) is 0 Å². The van der Waals surface area contributed by atoms with Crippen LogP contribution in [0.5, 0.6) is 0 Å². The molecule has 1 heterocycles. The smallest absolute Gasteiger partial charge is 0.103 e. The van der Waals surface area contributed by atoms with Gasteiger partial charge in [-0.25, -0.2) is 0 Å². The lowest BCUT2D eigenvalue weighted by Crippen LogP contribution is -2.39. The van der Waals surface area contributed by atoms with Gasteiger partial charge in [-0.05, 0) is 18.6 Å². The summed E-state index contributed by atoms with van der Waals surface area (Å²) in [5.74, 6) is 2.47. The number of rotatable bonds is 3. The number of thioether (sulfide) groups is 1. The van der Waals surface area contributed by atoms with Gasteiger partial charge in [-0.3, -0.25) is 4.90 Å². The molecule has 1 aliphatic rings. The Labute approximate surface area is 113 Å². The van der Waals surface area contributed by atoms with E-state index in [0.29, 0.717) is 11.0 Å². The molecular formula is C13H18N2S2. The van der Waals surface area contributed by atoms with Gasteiger partial charge in [0.25, 0.3) is 0 Å². The van der Waals surface area contributed by atoms with E-state index in [1.54, 1.807) is 0 Å². The lowest BCUT2D eigenvalue weighted by molar-refractivity contribution is 0.224. The fourth-order valence-electron chi connectivity index (χ4n) is 2.05. The van der Waals surface area contributed by atoms with Crippen LogP contribution in [0.4, 0.5) is 0 Å². The summed E-state index contributed by atoms with van der Waals surface area (Å²) in [5, 5.41) is 0. The minimum absolute atomic E-state index is 0.481. The minimum Gasteiger partial charge on any atom is -0.389 e. The molecule has 0 bridgehead atoms. The van der Waals surface area contributed by atoms with Crippen LogP contribution in [0.2, 0.25) is 0 Å². The van der Waals surface area contributed by atoms with Crippen molar-refractivity contribution in [1.82, 2.24) is 4.90 Å². The summed E-state index contributed by atoms with van der Waals surface area (Å²) in [7, 11) is 0. The highest BCUT2D eigenvalue weighted by molar-refractivity contribution is 7.99. The van der Waals surface area contributed by atoms with Crippen molar-refractivity contribution in [2.75, 3.05) is 18.1 Å². The van der Waals surface area contributed by atoms with Gasteiger partial charge in [-0.15, -0.1) is 0 Å². The minimum atomic E-state index is 0.481. The Morgan fingerprint density at radius 2 is 2.41 bits per heavy atom. The van der Waals surface area contributed by atoms with Crippen LogP contribution in [0.1, 0.15) is 18.1 Å². The summed E-state index contributed by atoms with van der Waals surface area (Å²) in [6.45, 7) is 4.46. The lowest BCUT2D eigenvalue weighted by atomic mass is 10.1. The van der Waals surface area contributed by atoms with E-state index in [-0.39, 0.29) is 0 Å². The zero-order valence-electron chi connectivity index (χ0n) is 10.1. The van der Waals surface area contributed by atoms with Crippen molar-refractivity contribution in [2.24, 2.45) is 5.73 Å². The first-order chi connectivity index (χ1) is 8.16. The van der Waals surface area contributed by atoms with E-state index in [1.807, 2.05) is 23.9 Å². The molecule has 17 heavy (non-hydrogen) atoms. The zero-order valence-corrected chi connectivity index (χ0v) is 11.7. The van der Waals surface area contributed by atoms with Crippen molar-refractivity contribution in [1.29, 1.82) is 0 Å². The number of hydrogen-bond donors (Lipinski definition) is 1. The topological polar surface area (TPSA) is 29.3 Å². The molecule has 4 heteroatoms. The molecule has 1 aliphatic heterocycles. The van der Waals surface area contributed by atoms with Crippen LogP contribution in [-0.2, 0) is 6.54 Å². The zero-order chi connectivity index (χ0) is 12.3. The molecule has 1 aromatic carbocycles. The molecule has 92 valence electrons. The Bertz CT molecular complexity index is 406. The third-order valence-electron chi connectivity index (χ3n) is 3.10. The van der Waals surface area contributed by atoms with Gasteiger partial charge in [-0.1, -0.05) is 30.4 Å². The standard InChI is InChI=1S/C13H18N2S2/c1-10-9-17-6-5-15(10)8-11-3-2-4-12(7-11)13(14)16/h2-4,7,10H,5-6,8-9H2,1H3,(H2,14,16). The van der Waals surface area contributed by atoms with Gasteiger partial charge in [-0.2, -0.15) is 11.8 Å². The summed E-state index contributed by atoms with van der Waals surface area (Å²) in [4.78, 5) is 3.00. The second-order valence-corrected chi connectivity index (χ2v) is 6.05. The SMILES string of the molecule is CC1CSCCN1Cc1cccc(C(N)=S)c1. The van der Waals surface area contributed by atoms with Gasteiger partial charge in [0.05, 0.1) is 0 Å². The van der Waals surface area contributed by atoms with E-state index in [9.17, 15) is 0 Å². The summed E-state index contributed by atoms with van der Waals surface area (Å²) < 4.78 is 0. The van der Waals surface area contributed by atoms with Crippen molar-refractivity contribution >= 4 is 29.0 Å². The second kappa shape index (κ2) is 5.85. The number of thiocarbonyl (C=S) groups is 1. The molecule has 2 N–H and O–H groups in total. The molecule has 0 amide bonds. The highest BCUT2D eigenvalue weighted by Gasteiger charge is 2.18. The molecule has 0 spiro atoms. The Hall–Kier alpha value is -0.580. The average Bonchev–Trinajstić information content (AvgIpc) is 2.32. The van der Waals surface area contributed by atoms with Crippen LogP contribution in [0, 0.1) is 0 Å². The predicted molar refractivity (Wildman–Crippen MR) is 79.5 cm³/mol. The van der Waals surface area contributed by atoms with Gasteiger partial charge in [0.15, 0.2) is 0 Å². The Kier molecular flexibility index (Phi) is 4.42. The largest absolute Gasteiger partial charge is 0.389 e. The summed E-state index contributed by atoms with van der Waals surface area (Å²) in [5.41, 5.74) is 7.93. The van der Waals surface area contributed by atoms with Gasteiger partial charge >= 0.3 is 0 Å². The van der Waals surface area contributed by atoms with Gasteiger partial charge in [0.1, 0.15) is 4.99 Å². The molecule has 0 radical (unpaired) electrons. The number of nitrogens with zero attached hydrogens (tertiary/aromatic N) is 1. The molecule has 1 saturated heterocycles. The Morgan fingerprint density at radius 3 is 3.12 bits per heavy atom. The van der Waals surface area contributed by atoms with E-state index >= 15 is 0 Å². The van der Waals surface area contributed by atoms with Crippen LogP contribution in [-0.4, -0.2) is 34.0 Å². The van der Waals surface area contributed by atoms with Crippen molar-refractivity contribution < 1.29 is 0 Å². The molecule has 2 nitrogen and oxygen atoms in total. The highest BCUT2D eigenvalue weighted by atomic mass is 32.2. The maximum atomic E-state index is 5.66. The summed E-state index contributed by atoms with van der Waals surface area (Å²) in [6.07, 6.45) is 0. The molecule has 1 aromatic rings. The van der Waals surface area contributed by atoms with E-state index in [4.69, 9.17) is 18.0 Å². The third-order valence-corrected chi connectivity index (χ3v) is 4.53. The molecular weight excluding hydrogens is 248 g/mol. The van der Waals surface area contributed by atoms with E-state index in [2.05, 4.69) is 24.0 Å². The molecule has 1 fully saturated rings. The van der Waals surface area contributed by atoms with E-state index in [0.717, 1.165) is 12.1 Å². The van der Waals surface area contributed by atoms with E-state index < -0.39 is 0 Å². The van der Waals surface area contributed by atoms with Gasteiger partial charge in [0.2, 0.25) is 0 Å². The summed E-state index contributed by atoms with van der Waals surface area (Å²) >= 11 is 7.05. The van der Waals surface area contributed by atoms with Crippen LogP contribution >= 0.6 is 24.0 Å². The third kappa shape index (κ3) is 3.44. The quantitative estimate of drug-likeness (QED) is 0.850. The first-order valence-corrected chi connectivity index (χ1v) is 7.43. The second-order valence-electron chi connectivity index (χ2n) is 4.46. The fourth-order valence-corrected chi connectivity index (χ4v) is 3.26. The fraction of sp³-hybridized carbons (Fsp3) is 0.462. The number of hydrogen-bond acceptors (Lipinski definition) is 3. The lowest BCUT2D eigenvalue weighted by Gasteiger charge is -2.33. The van der Waals surface area contributed by atoms with Gasteiger partial charge in [0, 0.05) is 36.2 Å². The molecule has 1 unspecified atom stereocenters. The van der Waals surface area contributed by atoms with Crippen LogP contribution < -0.4 is 5.73 Å².